The number of aromatic carboxylic acids is 1. The Hall–Kier alpha value is -2.58. The number of hydrogen-bond donors (Lipinski definition) is 2. The lowest BCUT2D eigenvalue weighted by atomic mass is 10.2. The van der Waals surface area contributed by atoms with Crippen molar-refractivity contribution in [3.8, 4) is 11.4 Å². The van der Waals surface area contributed by atoms with Crippen LogP contribution < -0.4 is 16.0 Å². The van der Waals surface area contributed by atoms with Crippen molar-refractivity contribution in [3.63, 3.8) is 0 Å². The van der Waals surface area contributed by atoms with Gasteiger partial charge in [-0.2, -0.15) is 0 Å². The largest absolute Gasteiger partial charge is 0.495 e. The van der Waals surface area contributed by atoms with Gasteiger partial charge in [0.15, 0.2) is 0 Å². The molecule has 0 saturated heterocycles. The number of aromatic amines is 1. The van der Waals surface area contributed by atoms with Crippen molar-refractivity contribution in [2.45, 2.75) is 20.4 Å². The third-order valence-electron chi connectivity index (χ3n) is 4.07. The summed E-state index contributed by atoms with van der Waals surface area (Å²) in [5.41, 5.74) is -1.88. The summed E-state index contributed by atoms with van der Waals surface area (Å²) in [6.45, 7) is 5.12. The van der Waals surface area contributed by atoms with Crippen LogP contribution in [0, 0.1) is 0 Å². The second-order valence-corrected chi connectivity index (χ2v) is 5.94. The minimum absolute atomic E-state index is 0.0113. The van der Waals surface area contributed by atoms with E-state index in [1.807, 2.05) is 18.7 Å². The van der Waals surface area contributed by atoms with E-state index in [-0.39, 0.29) is 23.5 Å². The van der Waals surface area contributed by atoms with E-state index in [4.69, 9.17) is 16.3 Å². The number of carbonyl (C=O) groups is 1. The average Bonchev–Trinajstić information content (AvgIpc) is 2.61. The third kappa shape index (κ3) is 3.81. The van der Waals surface area contributed by atoms with E-state index in [9.17, 15) is 19.5 Å². The highest BCUT2D eigenvalue weighted by Crippen LogP contribution is 2.24. The Bertz CT molecular complexity index is 931. The highest BCUT2D eigenvalue weighted by atomic mass is 35.5. The van der Waals surface area contributed by atoms with E-state index in [2.05, 4.69) is 4.98 Å². The molecule has 0 bridgehead atoms. The third-order valence-corrected chi connectivity index (χ3v) is 4.30. The van der Waals surface area contributed by atoms with E-state index in [0.717, 1.165) is 4.57 Å². The van der Waals surface area contributed by atoms with Gasteiger partial charge in [-0.1, -0.05) is 25.4 Å². The Labute approximate surface area is 154 Å². The van der Waals surface area contributed by atoms with Gasteiger partial charge in [-0.3, -0.25) is 9.69 Å². The summed E-state index contributed by atoms with van der Waals surface area (Å²) in [6.07, 6.45) is 0. The van der Waals surface area contributed by atoms with Gasteiger partial charge in [0.2, 0.25) is 0 Å². The second kappa shape index (κ2) is 8.20. The smallest absolute Gasteiger partial charge is 0.352 e. The summed E-state index contributed by atoms with van der Waals surface area (Å²) in [5, 5.41) is 9.70. The number of hydrogen-bond acceptors (Lipinski definition) is 5. The Kier molecular flexibility index (Phi) is 6.23. The molecule has 0 aliphatic carbocycles. The van der Waals surface area contributed by atoms with Crippen molar-refractivity contribution in [1.82, 2.24) is 14.5 Å². The first-order valence-corrected chi connectivity index (χ1v) is 8.39. The summed E-state index contributed by atoms with van der Waals surface area (Å²) in [7, 11) is 1.40. The van der Waals surface area contributed by atoms with Gasteiger partial charge >= 0.3 is 11.7 Å². The lowest BCUT2D eigenvalue weighted by molar-refractivity contribution is 0.0686. The first-order valence-electron chi connectivity index (χ1n) is 8.01. The molecule has 2 rings (SSSR count). The van der Waals surface area contributed by atoms with Gasteiger partial charge in [-0.15, -0.1) is 0 Å². The molecule has 0 unspecified atom stereocenters. The van der Waals surface area contributed by atoms with Gasteiger partial charge in [0.25, 0.3) is 5.56 Å². The normalized spacial score (nSPS) is 11.0. The monoisotopic (exact) mass is 381 g/mol. The number of H-pyrrole nitrogens is 1. The number of carboxylic acid groups (broad SMARTS) is 1. The van der Waals surface area contributed by atoms with Crippen molar-refractivity contribution >= 4 is 17.6 Å². The van der Waals surface area contributed by atoms with Crippen LogP contribution in [-0.4, -0.2) is 45.7 Å². The van der Waals surface area contributed by atoms with Crippen molar-refractivity contribution in [3.05, 3.63) is 55.3 Å². The van der Waals surface area contributed by atoms with Gasteiger partial charge in [0.1, 0.15) is 11.4 Å². The van der Waals surface area contributed by atoms with E-state index in [1.54, 1.807) is 6.07 Å². The molecule has 0 amide bonds. The minimum Gasteiger partial charge on any atom is -0.495 e. The number of methoxy groups -OCH3 is 1. The van der Waals surface area contributed by atoms with Crippen LogP contribution in [0.3, 0.4) is 0 Å². The van der Waals surface area contributed by atoms with Crippen molar-refractivity contribution < 1.29 is 14.6 Å². The van der Waals surface area contributed by atoms with Gasteiger partial charge in [-0.05, 0) is 31.3 Å². The molecular weight excluding hydrogens is 362 g/mol. The van der Waals surface area contributed by atoms with Crippen molar-refractivity contribution in [1.29, 1.82) is 0 Å². The lowest BCUT2D eigenvalue weighted by Crippen LogP contribution is -2.40. The van der Waals surface area contributed by atoms with Crippen LogP contribution >= 0.6 is 11.6 Å². The predicted molar refractivity (Wildman–Crippen MR) is 97.8 cm³/mol. The quantitative estimate of drug-likeness (QED) is 0.756. The molecule has 1 aromatic carbocycles. The zero-order chi connectivity index (χ0) is 19.4. The molecule has 0 saturated carbocycles. The molecule has 0 aliphatic heterocycles. The van der Waals surface area contributed by atoms with E-state index in [0.29, 0.717) is 18.1 Å². The fourth-order valence-corrected chi connectivity index (χ4v) is 2.80. The van der Waals surface area contributed by atoms with Crippen LogP contribution in [0.2, 0.25) is 5.02 Å². The van der Waals surface area contributed by atoms with Crippen LogP contribution in [0.15, 0.2) is 27.8 Å². The van der Waals surface area contributed by atoms with Crippen LogP contribution in [0.25, 0.3) is 5.69 Å². The van der Waals surface area contributed by atoms with Crippen LogP contribution in [0.1, 0.15) is 29.9 Å². The molecule has 9 heteroatoms. The first kappa shape index (κ1) is 19.7. The number of nitrogens with zero attached hydrogens (tertiary/aromatic N) is 2. The fourth-order valence-electron chi connectivity index (χ4n) is 2.63. The highest BCUT2D eigenvalue weighted by Gasteiger charge is 2.22. The van der Waals surface area contributed by atoms with Crippen LogP contribution in [-0.2, 0) is 6.54 Å². The second-order valence-electron chi connectivity index (χ2n) is 5.51. The lowest BCUT2D eigenvalue weighted by Gasteiger charge is -2.19. The van der Waals surface area contributed by atoms with Gasteiger partial charge in [0, 0.05) is 11.6 Å². The topological polar surface area (TPSA) is 105 Å². The summed E-state index contributed by atoms with van der Waals surface area (Å²) >= 11 is 5.99. The fraction of sp³-hybridized carbons (Fsp3) is 0.353. The van der Waals surface area contributed by atoms with Crippen LogP contribution in [0.4, 0.5) is 0 Å². The summed E-state index contributed by atoms with van der Waals surface area (Å²) in [6, 6.07) is 4.50. The molecule has 8 nitrogen and oxygen atoms in total. The summed E-state index contributed by atoms with van der Waals surface area (Å²) < 4.78 is 6.05. The molecule has 0 atom stereocenters. The maximum atomic E-state index is 13.0. The number of nitrogens with one attached hydrogen (secondary N) is 1. The molecule has 0 spiro atoms. The maximum Gasteiger partial charge on any atom is 0.352 e. The molecule has 2 N–H and O–H groups in total. The first-order chi connectivity index (χ1) is 12.3. The number of aromatic nitrogens is 2. The molecule has 2 aromatic rings. The molecular formula is C17H20ClN3O5. The van der Waals surface area contributed by atoms with Crippen LogP contribution in [0.5, 0.6) is 5.75 Å². The number of benzene rings is 1. The molecule has 0 fully saturated rings. The van der Waals surface area contributed by atoms with Crippen molar-refractivity contribution in [2.75, 3.05) is 20.2 Å². The molecule has 0 radical (unpaired) electrons. The predicted octanol–water partition coefficient (Wildman–Crippen LogP) is 1.73. The zero-order valence-corrected chi connectivity index (χ0v) is 15.5. The molecule has 0 aliphatic rings. The Morgan fingerprint density at radius 2 is 1.96 bits per heavy atom. The summed E-state index contributed by atoms with van der Waals surface area (Å²) in [5.74, 6) is -1.11. The van der Waals surface area contributed by atoms with Crippen molar-refractivity contribution in [2.24, 2.45) is 0 Å². The van der Waals surface area contributed by atoms with Gasteiger partial charge in [-0.25, -0.2) is 14.2 Å². The Balaban J connectivity index is 2.81. The zero-order valence-electron chi connectivity index (χ0n) is 14.7. The number of ether oxygens (including phenoxy) is 1. The minimum atomic E-state index is -1.37. The van der Waals surface area contributed by atoms with Gasteiger partial charge in [0.05, 0.1) is 18.4 Å². The molecule has 1 aromatic heterocycles. The van der Waals surface area contributed by atoms with E-state index in [1.165, 1.54) is 19.2 Å². The number of carboxylic acids is 1. The van der Waals surface area contributed by atoms with Gasteiger partial charge < -0.3 is 14.8 Å². The summed E-state index contributed by atoms with van der Waals surface area (Å²) in [4.78, 5) is 41.2. The number of rotatable bonds is 7. The Morgan fingerprint density at radius 3 is 2.50 bits per heavy atom. The average molecular weight is 382 g/mol. The SMILES string of the molecule is CCN(CC)Cc1c(C(=O)O)[nH]c(=O)n(-c2cc(Cl)ccc2OC)c1=O. The molecule has 1 heterocycles. The standard InChI is InChI=1S/C17H20ClN3O5/c1-4-20(5-2)9-11-14(16(23)24)19-17(25)21(15(11)22)12-8-10(18)6-7-13(12)26-3/h6-8H,4-5,9H2,1-3H3,(H,19,25)(H,23,24). The molecule has 140 valence electrons. The van der Waals surface area contributed by atoms with E-state index >= 15 is 0 Å². The molecule has 26 heavy (non-hydrogen) atoms. The number of halogens is 1. The van der Waals surface area contributed by atoms with E-state index < -0.39 is 22.9 Å². The Morgan fingerprint density at radius 1 is 1.31 bits per heavy atom. The maximum absolute atomic E-state index is 13.0. The highest BCUT2D eigenvalue weighted by molar-refractivity contribution is 6.30.